The predicted octanol–water partition coefficient (Wildman–Crippen LogP) is 3.85. The number of anilines is 2. The van der Waals surface area contributed by atoms with Crippen molar-refractivity contribution in [3.63, 3.8) is 0 Å². The summed E-state index contributed by atoms with van der Waals surface area (Å²) in [6.45, 7) is 6.33. The molecule has 2 aromatic heterocycles. The highest BCUT2D eigenvalue weighted by Gasteiger charge is 2.25. The van der Waals surface area contributed by atoms with Gasteiger partial charge in [-0.15, -0.1) is 0 Å². The lowest BCUT2D eigenvalue weighted by Crippen LogP contribution is -2.18. The van der Waals surface area contributed by atoms with Crippen molar-refractivity contribution in [1.29, 1.82) is 0 Å². The number of nitrogens with one attached hydrogen (secondary N) is 2. The summed E-state index contributed by atoms with van der Waals surface area (Å²) in [5, 5.41) is 10.4. The molecule has 21 heavy (non-hydrogen) atoms. The smallest absolute Gasteiger partial charge is 0.153 e. The van der Waals surface area contributed by atoms with E-state index in [2.05, 4.69) is 27.4 Å². The zero-order chi connectivity index (χ0) is 14.8. The van der Waals surface area contributed by atoms with Crippen LogP contribution in [-0.4, -0.2) is 20.2 Å². The van der Waals surface area contributed by atoms with E-state index in [9.17, 15) is 0 Å². The van der Waals surface area contributed by atoms with Crippen LogP contribution in [0, 0.1) is 19.8 Å². The number of aromatic amines is 1. The second-order valence-corrected chi connectivity index (χ2v) is 6.18. The lowest BCUT2D eigenvalue weighted by Gasteiger charge is -2.27. The molecule has 0 spiro atoms. The monoisotopic (exact) mass is 285 g/mol. The largest absolute Gasteiger partial charge is 0.323 e. The minimum Gasteiger partial charge on any atom is -0.323 e. The average molecular weight is 285 g/mol. The van der Waals surface area contributed by atoms with Gasteiger partial charge < -0.3 is 5.32 Å². The van der Waals surface area contributed by atoms with Crippen LogP contribution in [0.15, 0.2) is 12.1 Å². The Labute approximate surface area is 125 Å². The van der Waals surface area contributed by atoms with E-state index in [0.717, 1.165) is 28.8 Å². The molecule has 2 N–H and O–H groups in total. The first kappa shape index (κ1) is 14.0. The molecule has 0 aliphatic heterocycles. The number of hydrogen-bond donors (Lipinski definition) is 2. The first-order valence-corrected chi connectivity index (χ1v) is 7.76. The SMILES string of the molecule is Cc1cc(Nc2cc(C)[nH]n2)nc(C2CCCCC2C)n1. The molecule has 0 saturated heterocycles. The fourth-order valence-corrected chi connectivity index (χ4v) is 3.13. The molecule has 0 amide bonds. The highest BCUT2D eigenvalue weighted by atomic mass is 15.2. The van der Waals surface area contributed by atoms with Gasteiger partial charge in [0.25, 0.3) is 0 Å². The number of aryl methyl sites for hydroxylation is 2. The van der Waals surface area contributed by atoms with Crippen LogP contribution in [0.3, 0.4) is 0 Å². The van der Waals surface area contributed by atoms with Crippen molar-refractivity contribution in [2.24, 2.45) is 5.92 Å². The minimum absolute atomic E-state index is 0.486. The second-order valence-electron chi connectivity index (χ2n) is 6.18. The molecule has 0 bridgehead atoms. The zero-order valence-electron chi connectivity index (χ0n) is 13.0. The van der Waals surface area contributed by atoms with Gasteiger partial charge in [-0.3, -0.25) is 5.10 Å². The molecule has 2 unspecified atom stereocenters. The number of H-pyrrole nitrogens is 1. The molecule has 1 saturated carbocycles. The molecule has 112 valence electrons. The van der Waals surface area contributed by atoms with E-state index in [-0.39, 0.29) is 0 Å². The van der Waals surface area contributed by atoms with Crippen LogP contribution in [0.25, 0.3) is 0 Å². The first-order chi connectivity index (χ1) is 10.1. The van der Waals surface area contributed by atoms with Gasteiger partial charge in [0.15, 0.2) is 5.82 Å². The highest BCUT2D eigenvalue weighted by Crippen LogP contribution is 2.36. The van der Waals surface area contributed by atoms with E-state index < -0.39 is 0 Å². The summed E-state index contributed by atoms with van der Waals surface area (Å²) in [6, 6.07) is 3.95. The lowest BCUT2D eigenvalue weighted by molar-refractivity contribution is 0.319. The Kier molecular flexibility index (Phi) is 3.90. The van der Waals surface area contributed by atoms with E-state index in [1.807, 2.05) is 26.0 Å². The molecule has 1 aliphatic rings. The Morgan fingerprint density at radius 3 is 2.62 bits per heavy atom. The summed E-state index contributed by atoms with van der Waals surface area (Å²) >= 11 is 0. The van der Waals surface area contributed by atoms with Gasteiger partial charge in [0.2, 0.25) is 0 Å². The van der Waals surface area contributed by atoms with Crippen LogP contribution in [0.2, 0.25) is 0 Å². The van der Waals surface area contributed by atoms with Crippen molar-refractivity contribution in [3.05, 3.63) is 29.3 Å². The van der Waals surface area contributed by atoms with E-state index >= 15 is 0 Å². The Bertz CT molecular complexity index is 619. The summed E-state index contributed by atoms with van der Waals surface area (Å²) < 4.78 is 0. The number of nitrogens with zero attached hydrogens (tertiary/aromatic N) is 3. The Hall–Kier alpha value is -1.91. The molecule has 5 heteroatoms. The Morgan fingerprint density at radius 1 is 1.10 bits per heavy atom. The van der Waals surface area contributed by atoms with Crippen molar-refractivity contribution in [3.8, 4) is 0 Å². The maximum absolute atomic E-state index is 4.74. The molecule has 2 atom stereocenters. The van der Waals surface area contributed by atoms with Crippen molar-refractivity contribution < 1.29 is 0 Å². The van der Waals surface area contributed by atoms with Crippen LogP contribution >= 0.6 is 0 Å². The van der Waals surface area contributed by atoms with Gasteiger partial charge in [0.1, 0.15) is 11.6 Å². The summed E-state index contributed by atoms with van der Waals surface area (Å²) in [5.41, 5.74) is 2.04. The zero-order valence-corrected chi connectivity index (χ0v) is 13.0. The van der Waals surface area contributed by atoms with Gasteiger partial charge in [-0.25, -0.2) is 9.97 Å². The van der Waals surface area contributed by atoms with Gasteiger partial charge in [-0.1, -0.05) is 26.2 Å². The van der Waals surface area contributed by atoms with Crippen molar-refractivity contribution >= 4 is 11.6 Å². The van der Waals surface area contributed by atoms with E-state index in [1.165, 1.54) is 25.7 Å². The van der Waals surface area contributed by atoms with Gasteiger partial charge in [0.05, 0.1) is 0 Å². The number of hydrogen-bond acceptors (Lipinski definition) is 4. The van der Waals surface area contributed by atoms with Crippen molar-refractivity contribution in [2.75, 3.05) is 5.32 Å². The molecule has 3 rings (SSSR count). The first-order valence-electron chi connectivity index (χ1n) is 7.76. The minimum atomic E-state index is 0.486. The Morgan fingerprint density at radius 2 is 1.90 bits per heavy atom. The fraction of sp³-hybridized carbons (Fsp3) is 0.562. The molecule has 5 nitrogen and oxygen atoms in total. The van der Waals surface area contributed by atoms with Crippen LogP contribution in [0.4, 0.5) is 11.6 Å². The van der Waals surface area contributed by atoms with Crippen LogP contribution < -0.4 is 5.32 Å². The standard InChI is InChI=1S/C16H23N5/c1-10-6-4-5-7-13(10)16-17-11(2)8-14(19-16)18-15-9-12(3)20-21-15/h8-10,13H,4-7H2,1-3H3,(H2,17,18,19,20,21). The molecular weight excluding hydrogens is 262 g/mol. The van der Waals surface area contributed by atoms with Gasteiger partial charge in [-0.05, 0) is 26.2 Å². The maximum Gasteiger partial charge on any atom is 0.153 e. The molecular formula is C16H23N5. The maximum atomic E-state index is 4.74. The van der Waals surface area contributed by atoms with Gasteiger partial charge >= 0.3 is 0 Å². The van der Waals surface area contributed by atoms with Crippen LogP contribution in [0.1, 0.15) is 55.7 Å². The fourth-order valence-electron chi connectivity index (χ4n) is 3.13. The summed E-state index contributed by atoms with van der Waals surface area (Å²) in [7, 11) is 0. The third-order valence-electron chi connectivity index (χ3n) is 4.28. The predicted molar refractivity (Wildman–Crippen MR) is 83.7 cm³/mol. The van der Waals surface area contributed by atoms with E-state index in [4.69, 9.17) is 4.98 Å². The molecule has 2 heterocycles. The highest BCUT2D eigenvalue weighted by molar-refractivity contribution is 5.52. The summed E-state index contributed by atoms with van der Waals surface area (Å²) in [5.74, 6) is 3.77. The third-order valence-corrected chi connectivity index (χ3v) is 4.28. The van der Waals surface area contributed by atoms with E-state index in [1.54, 1.807) is 0 Å². The molecule has 0 aromatic carbocycles. The third kappa shape index (κ3) is 3.23. The van der Waals surface area contributed by atoms with Crippen LogP contribution in [0.5, 0.6) is 0 Å². The normalized spacial score (nSPS) is 22.2. The molecule has 2 aromatic rings. The van der Waals surface area contributed by atoms with Crippen molar-refractivity contribution in [2.45, 2.75) is 52.4 Å². The molecule has 1 fully saturated rings. The van der Waals surface area contributed by atoms with E-state index in [0.29, 0.717) is 11.8 Å². The molecule has 1 aliphatic carbocycles. The number of rotatable bonds is 3. The summed E-state index contributed by atoms with van der Waals surface area (Å²) in [6.07, 6.45) is 5.10. The average Bonchev–Trinajstić information content (AvgIpc) is 2.84. The summed E-state index contributed by atoms with van der Waals surface area (Å²) in [4.78, 5) is 9.41. The van der Waals surface area contributed by atoms with Crippen molar-refractivity contribution in [1.82, 2.24) is 20.2 Å². The second kappa shape index (κ2) is 5.84. The Balaban J connectivity index is 1.85. The number of aromatic nitrogens is 4. The lowest BCUT2D eigenvalue weighted by atomic mass is 9.80. The quantitative estimate of drug-likeness (QED) is 0.898. The van der Waals surface area contributed by atoms with Gasteiger partial charge in [-0.2, -0.15) is 5.10 Å². The van der Waals surface area contributed by atoms with Crippen LogP contribution in [-0.2, 0) is 0 Å². The molecule has 0 radical (unpaired) electrons. The topological polar surface area (TPSA) is 66.5 Å². The van der Waals surface area contributed by atoms with Gasteiger partial charge in [0, 0.05) is 29.4 Å².